The summed E-state index contributed by atoms with van der Waals surface area (Å²) in [6.45, 7) is 8.71. The number of hydrogen-bond donors (Lipinski definition) is 1. The van der Waals surface area contributed by atoms with E-state index >= 15 is 0 Å². The van der Waals surface area contributed by atoms with Crippen molar-refractivity contribution < 1.29 is 4.39 Å². The number of nitriles is 1. The smallest absolute Gasteiger partial charge is 0.229 e. The van der Waals surface area contributed by atoms with E-state index in [1.54, 1.807) is 0 Å². The van der Waals surface area contributed by atoms with Crippen molar-refractivity contribution >= 4 is 22.7 Å². The topological polar surface area (TPSA) is 98.8 Å². The lowest BCUT2D eigenvalue weighted by Gasteiger charge is -2.29. The van der Waals surface area contributed by atoms with Gasteiger partial charge in [0.15, 0.2) is 5.82 Å². The first-order chi connectivity index (χ1) is 18.8. The van der Waals surface area contributed by atoms with Gasteiger partial charge in [-0.05, 0) is 36.7 Å². The Bertz CT molecular complexity index is 1520. The third-order valence-corrected chi connectivity index (χ3v) is 7.21. The molecular formula is C29H34FN9. The van der Waals surface area contributed by atoms with E-state index in [0.29, 0.717) is 23.8 Å². The minimum absolute atomic E-state index is 0.237. The monoisotopic (exact) mass is 527 g/mol. The van der Waals surface area contributed by atoms with Crippen molar-refractivity contribution in [3.8, 4) is 17.3 Å². The molecule has 3 aromatic heterocycles. The van der Waals surface area contributed by atoms with Gasteiger partial charge in [-0.2, -0.15) is 10.4 Å². The van der Waals surface area contributed by atoms with Gasteiger partial charge in [0.2, 0.25) is 5.95 Å². The molecular weight excluding hydrogens is 493 g/mol. The summed E-state index contributed by atoms with van der Waals surface area (Å²) in [5.74, 6) is 0.736. The number of benzene rings is 1. The van der Waals surface area contributed by atoms with Crippen LogP contribution in [0.5, 0.6) is 0 Å². The molecule has 4 aromatic rings. The normalized spacial score (nSPS) is 13.7. The van der Waals surface area contributed by atoms with Gasteiger partial charge in [0.25, 0.3) is 0 Å². The van der Waals surface area contributed by atoms with Crippen molar-refractivity contribution in [2.24, 2.45) is 7.05 Å². The summed E-state index contributed by atoms with van der Waals surface area (Å²) < 4.78 is 16.8. The van der Waals surface area contributed by atoms with E-state index in [1.807, 2.05) is 36.0 Å². The summed E-state index contributed by atoms with van der Waals surface area (Å²) in [6.07, 6.45) is 2.61. The zero-order valence-corrected chi connectivity index (χ0v) is 22.9. The SMILES string of the molecule is CC(C)c1c2cc(-c3nc(Nc4ccc5c(n4)CCN(CCN(C)CCC#N)C5)ncc3F)ccc2nn1C. The van der Waals surface area contributed by atoms with Crippen molar-refractivity contribution in [1.29, 1.82) is 5.26 Å². The van der Waals surface area contributed by atoms with Gasteiger partial charge in [-0.15, -0.1) is 0 Å². The summed E-state index contributed by atoms with van der Waals surface area (Å²) >= 11 is 0. The van der Waals surface area contributed by atoms with E-state index < -0.39 is 5.82 Å². The summed E-state index contributed by atoms with van der Waals surface area (Å²) in [4.78, 5) is 18.1. The quantitative estimate of drug-likeness (QED) is 0.336. The van der Waals surface area contributed by atoms with Crippen molar-refractivity contribution in [2.45, 2.75) is 39.2 Å². The lowest BCUT2D eigenvalue weighted by atomic mass is 10.0. The van der Waals surface area contributed by atoms with Crippen molar-refractivity contribution in [2.75, 3.05) is 38.5 Å². The van der Waals surface area contributed by atoms with Crippen molar-refractivity contribution in [1.82, 2.24) is 34.5 Å². The van der Waals surface area contributed by atoms with Crippen LogP contribution in [0.15, 0.2) is 36.5 Å². The van der Waals surface area contributed by atoms with E-state index in [1.165, 1.54) is 11.8 Å². The van der Waals surface area contributed by atoms with Crippen LogP contribution in [-0.2, 0) is 20.0 Å². The largest absolute Gasteiger partial charge is 0.309 e. The number of nitrogens with one attached hydrogen (secondary N) is 1. The molecule has 0 radical (unpaired) electrons. The van der Waals surface area contributed by atoms with Gasteiger partial charge in [0, 0.05) is 75.0 Å². The third-order valence-electron chi connectivity index (χ3n) is 7.21. The molecule has 0 fully saturated rings. The zero-order chi connectivity index (χ0) is 27.5. The summed E-state index contributed by atoms with van der Waals surface area (Å²) in [5, 5.41) is 17.5. The molecule has 0 spiro atoms. The van der Waals surface area contributed by atoms with Gasteiger partial charge in [-0.25, -0.2) is 19.3 Å². The second kappa shape index (κ2) is 11.4. The molecule has 0 amide bonds. The average molecular weight is 528 g/mol. The molecule has 5 rings (SSSR count). The highest BCUT2D eigenvalue weighted by Gasteiger charge is 2.19. The third kappa shape index (κ3) is 5.90. The zero-order valence-electron chi connectivity index (χ0n) is 22.9. The fourth-order valence-corrected chi connectivity index (χ4v) is 5.19. The molecule has 1 aliphatic heterocycles. The molecule has 9 nitrogen and oxygen atoms in total. The molecule has 1 N–H and O–H groups in total. The lowest BCUT2D eigenvalue weighted by Crippen LogP contribution is -2.37. The van der Waals surface area contributed by atoms with Crippen LogP contribution < -0.4 is 5.32 Å². The van der Waals surface area contributed by atoms with Gasteiger partial charge in [-0.3, -0.25) is 9.58 Å². The lowest BCUT2D eigenvalue weighted by molar-refractivity contribution is 0.212. The Morgan fingerprint density at radius 2 is 2.03 bits per heavy atom. The summed E-state index contributed by atoms with van der Waals surface area (Å²) in [7, 11) is 3.99. The first kappa shape index (κ1) is 26.7. The molecule has 39 heavy (non-hydrogen) atoms. The number of nitrogens with zero attached hydrogens (tertiary/aromatic N) is 8. The molecule has 0 saturated heterocycles. The minimum atomic E-state index is -0.480. The highest BCUT2D eigenvalue weighted by atomic mass is 19.1. The second-order valence-corrected chi connectivity index (χ2v) is 10.5. The number of anilines is 2. The number of aromatic nitrogens is 5. The average Bonchev–Trinajstić information content (AvgIpc) is 3.26. The van der Waals surface area contributed by atoms with E-state index in [2.05, 4.69) is 63.2 Å². The Kier molecular flexibility index (Phi) is 7.82. The van der Waals surface area contributed by atoms with Crippen LogP contribution in [0, 0.1) is 17.1 Å². The van der Waals surface area contributed by atoms with E-state index in [-0.39, 0.29) is 11.6 Å². The highest BCUT2D eigenvalue weighted by molar-refractivity contribution is 5.86. The van der Waals surface area contributed by atoms with E-state index in [9.17, 15) is 4.39 Å². The van der Waals surface area contributed by atoms with Crippen LogP contribution in [-0.4, -0.2) is 67.8 Å². The Morgan fingerprint density at radius 3 is 2.82 bits per heavy atom. The maximum Gasteiger partial charge on any atom is 0.229 e. The van der Waals surface area contributed by atoms with Gasteiger partial charge < -0.3 is 10.2 Å². The second-order valence-electron chi connectivity index (χ2n) is 10.5. The predicted octanol–water partition coefficient (Wildman–Crippen LogP) is 4.63. The minimum Gasteiger partial charge on any atom is -0.309 e. The number of fused-ring (bicyclic) bond motifs is 2. The molecule has 4 heterocycles. The number of aryl methyl sites for hydroxylation is 1. The van der Waals surface area contributed by atoms with Gasteiger partial charge >= 0.3 is 0 Å². The van der Waals surface area contributed by atoms with Gasteiger partial charge in [0.05, 0.1) is 17.8 Å². The Labute approximate surface area is 228 Å². The number of halogens is 1. The molecule has 1 aromatic carbocycles. The van der Waals surface area contributed by atoms with Crippen LogP contribution in [0.2, 0.25) is 0 Å². The maximum atomic E-state index is 14.9. The van der Waals surface area contributed by atoms with Crippen molar-refractivity contribution in [3.63, 3.8) is 0 Å². The molecule has 0 bridgehead atoms. The number of hydrogen-bond acceptors (Lipinski definition) is 8. The summed E-state index contributed by atoms with van der Waals surface area (Å²) in [6, 6.07) is 11.9. The highest BCUT2D eigenvalue weighted by Crippen LogP contribution is 2.30. The molecule has 10 heteroatoms. The molecule has 0 atom stereocenters. The summed E-state index contributed by atoms with van der Waals surface area (Å²) in [5.41, 5.74) is 5.15. The maximum absolute atomic E-state index is 14.9. The number of rotatable bonds is 9. The molecule has 0 unspecified atom stereocenters. The van der Waals surface area contributed by atoms with E-state index in [0.717, 1.165) is 61.4 Å². The van der Waals surface area contributed by atoms with Gasteiger partial charge in [-0.1, -0.05) is 26.0 Å². The predicted molar refractivity (Wildman–Crippen MR) is 150 cm³/mol. The Balaban J connectivity index is 1.30. The van der Waals surface area contributed by atoms with Crippen LogP contribution in [0.1, 0.15) is 43.1 Å². The van der Waals surface area contributed by atoms with Crippen LogP contribution in [0.4, 0.5) is 16.2 Å². The molecule has 202 valence electrons. The van der Waals surface area contributed by atoms with Gasteiger partial charge in [0.1, 0.15) is 11.5 Å². The molecule has 0 saturated carbocycles. The molecule has 0 aliphatic carbocycles. The van der Waals surface area contributed by atoms with E-state index in [4.69, 9.17) is 10.2 Å². The standard InChI is InChI=1S/C29H34FN9/c1-19(2)28-22-16-20(6-8-25(22)36-38(28)4)27-23(30)17-32-29(35-27)34-26-9-7-21-18-39(13-10-24(21)33-26)15-14-37(3)12-5-11-31/h6-9,16-17,19H,5,10,12-15,18H2,1-4H3,(H,32,33,34,35). The van der Waals surface area contributed by atoms with Crippen LogP contribution in [0.3, 0.4) is 0 Å². The molecule has 1 aliphatic rings. The van der Waals surface area contributed by atoms with Crippen LogP contribution >= 0.6 is 0 Å². The Hall–Kier alpha value is -3.94. The fraction of sp³-hybridized carbons (Fsp3) is 0.414. The first-order valence-corrected chi connectivity index (χ1v) is 13.4. The first-order valence-electron chi connectivity index (χ1n) is 13.4. The number of pyridine rings is 1. The van der Waals surface area contributed by atoms with Crippen molar-refractivity contribution in [3.05, 3.63) is 59.3 Å². The fourth-order valence-electron chi connectivity index (χ4n) is 5.19. The Morgan fingerprint density at radius 1 is 1.18 bits per heavy atom. The number of likely N-dealkylation sites (N-methyl/N-ethyl adjacent to an activating group) is 1. The van der Waals surface area contributed by atoms with Crippen LogP contribution in [0.25, 0.3) is 22.2 Å².